The monoisotopic (exact) mass is 310 g/mol. The molecule has 0 radical (unpaired) electrons. The van der Waals surface area contributed by atoms with Crippen molar-refractivity contribution in [3.63, 3.8) is 0 Å². The van der Waals surface area contributed by atoms with Crippen molar-refractivity contribution in [3.8, 4) is 0 Å². The van der Waals surface area contributed by atoms with Gasteiger partial charge in [-0.05, 0) is 12.1 Å². The molecule has 0 bridgehead atoms. The second-order valence-electron chi connectivity index (χ2n) is 5.50. The molecule has 2 unspecified atom stereocenters. The number of nitro benzene ring substituents is 1. The number of methoxy groups -OCH3 is 1. The molecule has 2 rings (SSSR count). The average Bonchev–Trinajstić information content (AvgIpc) is 2.87. The normalized spacial score (nSPS) is 24.0. The van der Waals surface area contributed by atoms with Gasteiger partial charge in [0, 0.05) is 11.5 Å². The summed E-state index contributed by atoms with van der Waals surface area (Å²) in [4.78, 5) is 22.2. The molecule has 2 N–H and O–H groups in total. The Bertz CT molecular complexity index is 591. The molecule has 1 aromatic carbocycles. The van der Waals surface area contributed by atoms with Crippen LogP contribution in [0, 0.1) is 15.5 Å². The molecule has 1 saturated heterocycles. The number of nitro groups is 1. The molecule has 0 amide bonds. The van der Waals surface area contributed by atoms with Crippen LogP contribution in [-0.2, 0) is 9.47 Å². The summed E-state index contributed by atoms with van der Waals surface area (Å²) in [5.74, 6) is -0.578. The fourth-order valence-electron chi connectivity index (χ4n) is 2.33. The number of benzene rings is 1. The third kappa shape index (κ3) is 3.02. The molecule has 1 aliphatic rings. The van der Waals surface area contributed by atoms with E-state index in [4.69, 9.17) is 4.74 Å². The van der Waals surface area contributed by atoms with Crippen LogP contribution >= 0.6 is 0 Å². The number of aliphatic hydroxyl groups excluding tert-OH is 1. The van der Waals surface area contributed by atoms with E-state index in [1.54, 1.807) is 0 Å². The van der Waals surface area contributed by atoms with Crippen LogP contribution in [0.1, 0.15) is 17.3 Å². The number of carbonyl (C=O) groups is 1. The molecule has 8 heteroatoms. The number of hydrogen-bond acceptors (Lipinski definition) is 7. The van der Waals surface area contributed by atoms with Gasteiger partial charge in [-0.15, -0.1) is 0 Å². The van der Waals surface area contributed by atoms with Crippen molar-refractivity contribution in [2.24, 2.45) is 5.41 Å². The first kappa shape index (κ1) is 16.2. The standard InChI is InChI=1S/C14H18N2O6/c1-14(7-17)8-22-6-12(14)15-10-5-9(13(18)21-2)3-4-11(10)16(19)20/h3-5,12,15,17H,6-8H2,1-2H3. The largest absolute Gasteiger partial charge is 0.465 e. The second-order valence-corrected chi connectivity index (χ2v) is 5.50. The van der Waals surface area contributed by atoms with Crippen molar-refractivity contribution in [3.05, 3.63) is 33.9 Å². The Morgan fingerprint density at radius 3 is 2.95 bits per heavy atom. The number of anilines is 1. The van der Waals surface area contributed by atoms with Gasteiger partial charge < -0.3 is 19.9 Å². The topological polar surface area (TPSA) is 111 Å². The molecule has 0 spiro atoms. The van der Waals surface area contributed by atoms with Crippen LogP contribution < -0.4 is 5.32 Å². The smallest absolute Gasteiger partial charge is 0.337 e. The lowest BCUT2D eigenvalue weighted by Gasteiger charge is -2.28. The Morgan fingerprint density at radius 1 is 1.64 bits per heavy atom. The van der Waals surface area contributed by atoms with Gasteiger partial charge in [0.05, 0.1) is 43.5 Å². The zero-order chi connectivity index (χ0) is 16.3. The average molecular weight is 310 g/mol. The van der Waals surface area contributed by atoms with Gasteiger partial charge in [-0.2, -0.15) is 0 Å². The molecule has 0 saturated carbocycles. The Hall–Kier alpha value is -2.19. The van der Waals surface area contributed by atoms with Crippen molar-refractivity contribution in [1.82, 2.24) is 0 Å². The lowest BCUT2D eigenvalue weighted by atomic mass is 9.86. The molecular weight excluding hydrogens is 292 g/mol. The van der Waals surface area contributed by atoms with Gasteiger partial charge in [-0.3, -0.25) is 10.1 Å². The predicted molar refractivity (Wildman–Crippen MR) is 77.9 cm³/mol. The minimum atomic E-state index is -0.578. The van der Waals surface area contributed by atoms with Crippen LogP contribution in [0.15, 0.2) is 18.2 Å². The van der Waals surface area contributed by atoms with Crippen LogP contribution in [0.4, 0.5) is 11.4 Å². The highest BCUT2D eigenvalue weighted by molar-refractivity contribution is 5.91. The zero-order valence-corrected chi connectivity index (χ0v) is 12.4. The summed E-state index contributed by atoms with van der Waals surface area (Å²) in [6, 6.07) is 3.66. The number of carbonyl (C=O) groups excluding carboxylic acids is 1. The van der Waals surface area contributed by atoms with E-state index < -0.39 is 16.3 Å². The van der Waals surface area contributed by atoms with Crippen molar-refractivity contribution in [2.75, 3.05) is 32.2 Å². The van der Waals surface area contributed by atoms with Crippen molar-refractivity contribution >= 4 is 17.3 Å². The Balaban J connectivity index is 2.35. The summed E-state index contributed by atoms with van der Waals surface area (Å²) in [6.45, 7) is 2.38. The third-order valence-electron chi connectivity index (χ3n) is 3.86. The van der Waals surface area contributed by atoms with Gasteiger partial charge in [0.15, 0.2) is 0 Å². The van der Waals surface area contributed by atoms with Gasteiger partial charge in [0.1, 0.15) is 5.69 Å². The van der Waals surface area contributed by atoms with Crippen LogP contribution in [0.2, 0.25) is 0 Å². The summed E-state index contributed by atoms with van der Waals surface area (Å²) < 4.78 is 9.97. The Kier molecular flexibility index (Phi) is 4.62. The number of aliphatic hydroxyl groups is 1. The minimum Gasteiger partial charge on any atom is -0.465 e. The van der Waals surface area contributed by atoms with Gasteiger partial charge in [0.2, 0.25) is 0 Å². The highest BCUT2D eigenvalue weighted by Gasteiger charge is 2.40. The maximum absolute atomic E-state index is 11.6. The van der Waals surface area contributed by atoms with Gasteiger partial charge >= 0.3 is 5.97 Å². The molecule has 1 aliphatic heterocycles. The molecule has 0 aliphatic carbocycles. The van der Waals surface area contributed by atoms with Crippen LogP contribution in [-0.4, -0.2) is 49.0 Å². The highest BCUT2D eigenvalue weighted by atomic mass is 16.6. The van der Waals surface area contributed by atoms with E-state index in [0.717, 1.165) is 0 Å². The maximum Gasteiger partial charge on any atom is 0.337 e. The van der Waals surface area contributed by atoms with E-state index >= 15 is 0 Å². The van der Waals surface area contributed by atoms with E-state index in [1.165, 1.54) is 25.3 Å². The number of nitrogens with one attached hydrogen (secondary N) is 1. The van der Waals surface area contributed by atoms with E-state index in [1.807, 2.05) is 6.92 Å². The minimum absolute atomic E-state index is 0.116. The zero-order valence-electron chi connectivity index (χ0n) is 12.4. The molecule has 1 heterocycles. The number of hydrogen-bond donors (Lipinski definition) is 2. The first-order chi connectivity index (χ1) is 10.4. The first-order valence-electron chi connectivity index (χ1n) is 6.73. The number of esters is 1. The third-order valence-corrected chi connectivity index (χ3v) is 3.86. The van der Waals surface area contributed by atoms with E-state index in [0.29, 0.717) is 13.2 Å². The lowest BCUT2D eigenvalue weighted by molar-refractivity contribution is -0.384. The summed E-state index contributed by atoms with van der Waals surface area (Å²) in [5.41, 5.74) is -0.294. The van der Waals surface area contributed by atoms with Gasteiger partial charge in [0.25, 0.3) is 5.69 Å². The van der Waals surface area contributed by atoms with E-state index in [-0.39, 0.29) is 29.6 Å². The number of ether oxygens (including phenoxy) is 2. The molecule has 8 nitrogen and oxygen atoms in total. The molecule has 22 heavy (non-hydrogen) atoms. The SMILES string of the molecule is COC(=O)c1ccc([N+](=O)[O-])c(NC2COCC2(C)CO)c1. The summed E-state index contributed by atoms with van der Waals surface area (Å²) in [6.07, 6.45) is 0. The van der Waals surface area contributed by atoms with Crippen molar-refractivity contribution < 1.29 is 24.3 Å². The summed E-state index contributed by atoms with van der Waals surface area (Å²) in [7, 11) is 1.24. The van der Waals surface area contributed by atoms with Crippen LogP contribution in [0.5, 0.6) is 0 Å². The van der Waals surface area contributed by atoms with Crippen molar-refractivity contribution in [1.29, 1.82) is 0 Å². The van der Waals surface area contributed by atoms with E-state index in [2.05, 4.69) is 10.1 Å². The second kappa shape index (κ2) is 6.29. The van der Waals surface area contributed by atoms with Gasteiger partial charge in [-0.25, -0.2) is 4.79 Å². The van der Waals surface area contributed by atoms with E-state index in [9.17, 15) is 20.0 Å². The Labute approximate surface area is 127 Å². The highest BCUT2D eigenvalue weighted by Crippen LogP contribution is 2.34. The number of rotatable bonds is 5. The fraction of sp³-hybridized carbons (Fsp3) is 0.500. The number of nitrogens with zero attached hydrogens (tertiary/aromatic N) is 1. The van der Waals surface area contributed by atoms with Crippen LogP contribution in [0.3, 0.4) is 0 Å². The molecule has 1 aromatic rings. The molecule has 120 valence electrons. The predicted octanol–water partition coefficient (Wildman–Crippen LogP) is 1.19. The van der Waals surface area contributed by atoms with Crippen LogP contribution in [0.25, 0.3) is 0 Å². The Morgan fingerprint density at radius 2 is 2.36 bits per heavy atom. The first-order valence-corrected chi connectivity index (χ1v) is 6.73. The lowest BCUT2D eigenvalue weighted by Crippen LogP contribution is -2.40. The summed E-state index contributed by atoms with van der Waals surface area (Å²) in [5, 5.41) is 23.7. The van der Waals surface area contributed by atoms with Gasteiger partial charge in [-0.1, -0.05) is 6.92 Å². The molecule has 2 atom stereocenters. The van der Waals surface area contributed by atoms with Crippen molar-refractivity contribution in [2.45, 2.75) is 13.0 Å². The quantitative estimate of drug-likeness (QED) is 0.477. The fourth-order valence-corrected chi connectivity index (χ4v) is 2.33. The molecular formula is C14H18N2O6. The summed E-state index contributed by atoms with van der Waals surface area (Å²) >= 11 is 0. The molecule has 1 fully saturated rings. The maximum atomic E-state index is 11.6. The molecule has 0 aromatic heterocycles.